The Kier molecular flexibility index (Phi) is 5.28. The van der Waals surface area contributed by atoms with Crippen LogP contribution in [-0.2, 0) is 4.79 Å². The first-order valence-electron chi connectivity index (χ1n) is 5.46. The summed E-state index contributed by atoms with van der Waals surface area (Å²) in [6.45, 7) is 3.81. The molecule has 5 heteroatoms. The molecule has 0 bridgehead atoms. The molecule has 0 unspecified atom stereocenters. The van der Waals surface area contributed by atoms with E-state index < -0.39 is 0 Å². The number of thioether (sulfide) groups is 1. The second kappa shape index (κ2) is 6.49. The average Bonchev–Trinajstić information content (AvgIpc) is 2.20. The highest BCUT2D eigenvalue weighted by Crippen LogP contribution is 2.23. The highest BCUT2D eigenvalue weighted by Gasteiger charge is 2.06. The molecule has 0 radical (unpaired) electrons. The number of carbonyl (C=O) groups excluding carboxylic acids is 1. The van der Waals surface area contributed by atoms with Crippen molar-refractivity contribution in [2.24, 2.45) is 0 Å². The molecule has 0 spiro atoms. The number of rotatable bonds is 5. The second-order valence-electron chi connectivity index (χ2n) is 4.01. The fourth-order valence-corrected chi connectivity index (χ4v) is 2.15. The molecule has 1 rings (SSSR count). The zero-order valence-corrected chi connectivity index (χ0v) is 10.8. The lowest BCUT2D eigenvalue weighted by Gasteiger charge is -2.08. The maximum Gasteiger partial charge on any atom is 0.221 e. The van der Waals surface area contributed by atoms with E-state index in [0.29, 0.717) is 22.8 Å². The van der Waals surface area contributed by atoms with E-state index >= 15 is 0 Å². The summed E-state index contributed by atoms with van der Waals surface area (Å²) in [7, 11) is 0. The largest absolute Gasteiger partial charge is 0.399 e. The molecule has 0 aliphatic heterocycles. The number of anilines is 1. The molecular formula is C12H17FN2OS. The van der Waals surface area contributed by atoms with Gasteiger partial charge in [0.05, 0.1) is 0 Å². The lowest BCUT2D eigenvalue weighted by molar-refractivity contribution is -0.121. The normalized spacial score (nSPS) is 10.6. The van der Waals surface area contributed by atoms with Crippen LogP contribution in [0.4, 0.5) is 10.1 Å². The zero-order valence-electron chi connectivity index (χ0n) is 10.00. The van der Waals surface area contributed by atoms with Crippen molar-refractivity contribution in [2.45, 2.75) is 31.2 Å². The van der Waals surface area contributed by atoms with Crippen LogP contribution in [0.1, 0.15) is 20.3 Å². The minimum atomic E-state index is -0.334. The van der Waals surface area contributed by atoms with Crippen molar-refractivity contribution in [2.75, 3.05) is 11.5 Å². The van der Waals surface area contributed by atoms with Gasteiger partial charge in [0.2, 0.25) is 5.91 Å². The number of benzene rings is 1. The number of nitrogens with two attached hydrogens (primary N) is 1. The summed E-state index contributed by atoms with van der Waals surface area (Å²) < 4.78 is 13.4. The van der Waals surface area contributed by atoms with Crippen molar-refractivity contribution < 1.29 is 9.18 Å². The fourth-order valence-electron chi connectivity index (χ4n) is 1.28. The summed E-state index contributed by atoms with van der Waals surface area (Å²) in [5, 5.41) is 2.79. The highest BCUT2D eigenvalue weighted by atomic mass is 32.2. The number of nitrogens with one attached hydrogen (secondary N) is 1. The molecule has 0 heterocycles. The molecule has 0 saturated carbocycles. The Labute approximate surface area is 105 Å². The lowest BCUT2D eigenvalue weighted by atomic mass is 10.3. The van der Waals surface area contributed by atoms with E-state index in [1.807, 2.05) is 13.8 Å². The molecule has 3 N–H and O–H groups in total. The Bertz CT molecular complexity index is 396. The van der Waals surface area contributed by atoms with Crippen LogP contribution in [0.2, 0.25) is 0 Å². The maximum absolute atomic E-state index is 13.4. The summed E-state index contributed by atoms with van der Waals surface area (Å²) in [6, 6.07) is 4.71. The third-order valence-electron chi connectivity index (χ3n) is 1.99. The monoisotopic (exact) mass is 256 g/mol. The summed E-state index contributed by atoms with van der Waals surface area (Å²) in [5.74, 6) is 0.210. The smallest absolute Gasteiger partial charge is 0.221 e. The van der Waals surface area contributed by atoms with Crippen LogP contribution in [0.5, 0.6) is 0 Å². The van der Waals surface area contributed by atoms with Gasteiger partial charge in [-0.3, -0.25) is 4.79 Å². The van der Waals surface area contributed by atoms with Crippen LogP contribution in [-0.4, -0.2) is 17.7 Å². The van der Waals surface area contributed by atoms with Crippen LogP contribution in [0.3, 0.4) is 0 Å². The van der Waals surface area contributed by atoms with Gasteiger partial charge in [-0.1, -0.05) is 0 Å². The van der Waals surface area contributed by atoms with Gasteiger partial charge in [0.25, 0.3) is 0 Å². The first-order chi connectivity index (χ1) is 7.99. The summed E-state index contributed by atoms with van der Waals surface area (Å²) >= 11 is 1.32. The van der Waals surface area contributed by atoms with Gasteiger partial charge >= 0.3 is 0 Å². The van der Waals surface area contributed by atoms with Crippen LogP contribution < -0.4 is 11.1 Å². The number of amides is 1. The average molecular weight is 256 g/mol. The molecule has 0 atom stereocenters. The topological polar surface area (TPSA) is 55.1 Å². The third-order valence-corrected chi connectivity index (χ3v) is 3.04. The van der Waals surface area contributed by atoms with Crippen molar-refractivity contribution in [3.63, 3.8) is 0 Å². The van der Waals surface area contributed by atoms with Crippen molar-refractivity contribution >= 4 is 23.4 Å². The van der Waals surface area contributed by atoms with E-state index in [0.717, 1.165) is 0 Å². The van der Waals surface area contributed by atoms with Gasteiger partial charge in [0.1, 0.15) is 5.82 Å². The van der Waals surface area contributed by atoms with E-state index in [4.69, 9.17) is 5.73 Å². The van der Waals surface area contributed by atoms with Gasteiger partial charge in [0.15, 0.2) is 0 Å². The van der Waals surface area contributed by atoms with Crippen molar-refractivity contribution in [1.29, 1.82) is 0 Å². The second-order valence-corrected chi connectivity index (χ2v) is 5.15. The zero-order chi connectivity index (χ0) is 12.8. The minimum Gasteiger partial charge on any atom is -0.399 e. The van der Waals surface area contributed by atoms with Crippen molar-refractivity contribution in [3.05, 3.63) is 24.0 Å². The van der Waals surface area contributed by atoms with Gasteiger partial charge in [0, 0.05) is 28.8 Å². The quantitative estimate of drug-likeness (QED) is 0.628. The highest BCUT2D eigenvalue weighted by molar-refractivity contribution is 7.99. The molecule has 17 heavy (non-hydrogen) atoms. The summed E-state index contributed by atoms with van der Waals surface area (Å²) in [4.78, 5) is 11.9. The molecule has 0 fully saturated rings. The first-order valence-corrected chi connectivity index (χ1v) is 6.45. The van der Waals surface area contributed by atoms with E-state index in [-0.39, 0.29) is 17.8 Å². The maximum atomic E-state index is 13.4. The van der Waals surface area contributed by atoms with E-state index in [2.05, 4.69) is 5.32 Å². The number of carbonyl (C=O) groups is 1. The molecule has 0 aliphatic rings. The SMILES string of the molecule is CC(C)NC(=O)CCSc1ccc(N)cc1F. The molecule has 3 nitrogen and oxygen atoms in total. The Morgan fingerprint density at radius 1 is 1.53 bits per heavy atom. The van der Waals surface area contributed by atoms with Crippen LogP contribution >= 0.6 is 11.8 Å². The van der Waals surface area contributed by atoms with E-state index in [9.17, 15) is 9.18 Å². The van der Waals surface area contributed by atoms with Crippen LogP contribution in [0, 0.1) is 5.82 Å². The number of nitrogen functional groups attached to an aromatic ring is 1. The van der Waals surface area contributed by atoms with Gasteiger partial charge in [-0.05, 0) is 32.0 Å². The molecule has 1 aromatic carbocycles. The Balaban J connectivity index is 2.38. The molecule has 0 saturated heterocycles. The van der Waals surface area contributed by atoms with Crippen molar-refractivity contribution in [3.8, 4) is 0 Å². The van der Waals surface area contributed by atoms with Crippen molar-refractivity contribution in [1.82, 2.24) is 5.32 Å². The van der Waals surface area contributed by atoms with Crippen LogP contribution in [0.15, 0.2) is 23.1 Å². The number of hydrogen-bond acceptors (Lipinski definition) is 3. The Morgan fingerprint density at radius 2 is 2.24 bits per heavy atom. The lowest BCUT2D eigenvalue weighted by Crippen LogP contribution is -2.30. The van der Waals surface area contributed by atoms with Gasteiger partial charge in [-0.2, -0.15) is 0 Å². The predicted molar refractivity (Wildman–Crippen MR) is 69.4 cm³/mol. The molecule has 1 aromatic rings. The minimum absolute atomic E-state index is 0.0108. The number of halogens is 1. The molecule has 94 valence electrons. The molecule has 1 amide bonds. The Morgan fingerprint density at radius 3 is 2.82 bits per heavy atom. The van der Waals surface area contributed by atoms with Gasteiger partial charge < -0.3 is 11.1 Å². The standard InChI is InChI=1S/C12H17FN2OS/c1-8(2)15-12(16)5-6-17-11-4-3-9(14)7-10(11)13/h3-4,7-8H,5-6,14H2,1-2H3,(H,15,16). The van der Waals surface area contributed by atoms with Gasteiger partial charge in [-0.25, -0.2) is 4.39 Å². The summed E-state index contributed by atoms with van der Waals surface area (Å²) in [5.41, 5.74) is 5.85. The Hall–Kier alpha value is -1.23. The van der Waals surface area contributed by atoms with E-state index in [1.54, 1.807) is 12.1 Å². The molecule has 0 aliphatic carbocycles. The predicted octanol–water partition coefficient (Wildman–Crippen LogP) is 2.41. The first kappa shape index (κ1) is 13.8. The molecule has 0 aromatic heterocycles. The molecular weight excluding hydrogens is 239 g/mol. The third kappa shape index (κ3) is 5.08. The summed E-state index contributed by atoms with van der Waals surface area (Å²) in [6.07, 6.45) is 0.382. The van der Waals surface area contributed by atoms with Gasteiger partial charge in [-0.15, -0.1) is 11.8 Å². The van der Waals surface area contributed by atoms with E-state index in [1.165, 1.54) is 17.8 Å². The van der Waals surface area contributed by atoms with Crippen LogP contribution in [0.25, 0.3) is 0 Å². The number of hydrogen-bond donors (Lipinski definition) is 2. The fraction of sp³-hybridized carbons (Fsp3) is 0.417.